The average molecular weight is 353 g/mol. The van der Waals surface area contributed by atoms with Crippen LogP contribution in [0, 0.1) is 0 Å². The highest BCUT2D eigenvalue weighted by atomic mass is 32.1. The highest BCUT2D eigenvalue weighted by Gasteiger charge is 2.10. The van der Waals surface area contributed by atoms with Gasteiger partial charge in [-0.25, -0.2) is 0 Å². The molecular weight excluding hydrogens is 330 g/mol. The monoisotopic (exact) mass is 353 g/mol. The van der Waals surface area contributed by atoms with Gasteiger partial charge in [0.25, 0.3) is 0 Å². The molecule has 0 fully saturated rings. The van der Waals surface area contributed by atoms with E-state index in [1.165, 1.54) is 22.5 Å². The quantitative estimate of drug-likeness (QED) is 0.694. The highest BCUT2D eigenvalue weighted by molar-refractivity contribution is 7.18. The minimum absolute atomic E-state index is 0.519. The highest BCUT2D eigenvalue weighted by Crippen LogP contribution is 2.25. The molecule has 130 valence electrons. The van der Waals surface area contributed by atoms with Gasteiger partial charge in [-0.1, -0.05) is 41.7 Å². The van der Waals surface area contributed by atoms with Gasteiger partial charge in [-0.2, -0.15) is 0 Å². The summed E-state index contributed by atoms with van der Waals surface area (Å²) in [4.78, 5) is 6.65. The standard InChI is InChI=1S/C19H23N5S/c1-14(2)24(3)13-16-9-5-4-8-15(16)12-21-19-23-22-18(25-19)17-10-6-7-11-20-17/h4-11,14H,12-13H2,1-3H3,(H,21,23). The summed E-state index contributed by atoms with van der Waals surface area (Å²) in [5.41, 5.74) is 3.47. The molecule has 0 aliphatic rings. The number of nitrogens with zero attached hydrogens (tertiary/aromatic N) is 4. The number of hydrogen-bond acceptors (Lipinski definition) is 6. The van der Waals surface area contributed by atoms with Crippen molar-refractivity contribution in [3.8, 4) is 10.7 Å². The van der Waals surface area contributed by atoms with Crippen LogP contribution in [0.4, 0.5) is 5.13 Å². The summed E-state index contributed by atoms with van der Waals surface area (Å²) in [5.74, 6) is 0. The minimum atomic E-state index is 0.519. The molecule has 25 heavy (non-hydrogen) atoms. The summed E-state index contributed by atoms with van der Waals surface area (Å²) in [6, 6.07) is 14.8. The van der Waals surface area contributed by atoms with Gasteiger partial charge in [-0.3, -0.25) is 9.88 Å². The van der Waals surface area contributed by atoms with E-state index in [2.05, 4.69) is 70.6 Å². The summed E-state index contributed by atoms with van der Waals surface area (Å²) in [6.45, 7) is 6.09. The molecule has 0 amide bonds. The van der Waals surface area contributed by atoms with Gasteiger partial charge in [0.15, 0.2) is 5.01 Å². The molecule has 3 rings (SSSR count). The maximum atomic E-state index is 4.32. The van der Waals surface area contributed by atoms with E-state index < -0.39 is 0 Å². The zero-order valence-corrected chi connectivity index (χ0v) is 15.6. The van der Waals surface area contributed by atoms with Crippen LogP contribution in [0.5, 0.6) is 0 Å². The third-order valence-corrected chi connectivity index (χ3v) is 5.06. The predicted octanol–water partition coefficient (Wildman–Crippen LogP) is 4.05. The van der Waals surface area contributed by atoms with E-state index in [1.54, 1.807) is 6.20 Å². The average Bonchev–Trinajstić information content (AvgIpc) is 3.10. The van der Waals surface area contributed by atoms with Crippen molar-refractivity contribution in [1.29, 1.82) is 0 Å². The van der Waals surface area contributed by atoms with Crippen molar-refractivity contribution in [3.05, 3.63) is 59.8 Å². The lowest BCUT2D eigenvalue weighted by Gasteiger charge is -2.22. The molecule has 0 saturated heterocycles. The number of aromatic nitrogens is 3. The Morgan fingerprint density at radius 3 is 2.52 bits per heavy atom. The Bertz CT molecular complexity index is 800. The fourth-order valence-electron chi connectivity index (χ4n) is 2.39. The molecule has 0 spiro atoms. The predicted molar refractivity (Wildman–Crippen MR) is 104 cm³/mol. The van der Waals surface area contributed by atoms with Crippen molar-refractivity contribution in [2.45, 2.75) is 33.0 Å². The first-order chi connectivity index (χ1) is 12.1. The normalized spacial score (nSPS) is 11.2. The topological polar surface area (TPSA) is 53.9 Å². The molecule has 0 radical (unpaired) electrons. The molecule has 2 aromatic heterocycles. The maximum Gasteiger partial charge on any atom is 0.206 e. The molecule has 0 saturated carbocycles. The van der Waals surface area contributed by atoms with Gasteiger partial charge in [-0.15, -0.1) is 10.2 Å². The summed E-state index contributed by atoms with van der Waals surface area (Å²) in [7, 11) is 2.15. The summed E-state index contributed by atoms with van der Waals surface area (Å²) in [5, 5.41) is 13.5. The van der Waals surface area contributed by atoms with Crippen LogP contribution in [0.15, 0.2) is 48.7 Å². The van der Waals surface area contributed by atoms with Crippen LogP contribution < -0.4 is 5.32 Å². The lowest BCUT2D eigenvalue weighted by atomic mass is 10.1. The Hall–Kier alpha value is -2.31. The molecule has 0 atom stereocenters. The van der Waals surface area contributed by atoms with Crippen LogP contribution in [0.3, 0.4) is 0 Å². The van der Waals surface area contributed by atoms with Crippen molar-refractivity contribution < 1.29 is 0 Å². The van der Waals surface area contributed by atoms with Crippen LogP contribution in [0.25, 0.3) is 10.7 Å². The van der Waals surface area contributed by atoms with Gasteiger partial charge >= 0.3 is 0 Å². The van der Waals surface area contributed by atoms with E-state index >= 15 is 0 Å². The molecule has 5 nitrogen and oxygen atoms in total. The zero-order chi connectivity index (χ0) is 17.6. The van der Waals surface area contributed by atoms with E-state index in [4.69, 9.17) is 0 Å². The summed E-state index contributed by atoms with van der Waals surface area (Å²) in [6.07, 6.45) is 1.77. The van der Waals surface area contributed by atoms with E-state index in [0.717, 1.165) is 28.9 Å². The Morgan fingerprint density at radius 1 is 1.04 bits per heavy atom. The third-order valence-electron chi connectivity index (χ3n) is 4.16. The molecule has 0 unspecified atom stereocenters. The Balaban J connectivity index is 1.67. The smallest absolute Gasteiger partial charge is 0.206 e. The van der Waals surface area contributed by atoms with E-state index in [1.807, 2.05) is 18.2 Å². The molecule has 2 heterocycles. The fraction of sp³-hybridized carbons (Fsp3) is 0.316. The largest absolute Gasteiger partial charge is 0.356 e. The van der Waals surface area contributed by atoms with Crippen molar-refractivity contribution in [1.82, 2.24) is 20.1 Å². The first-order valence-electron chi connectivity index (χ1n) is 8.39. The molecule has 0 aliphatic carbocycles. The third kappa shape index (κ3) is 4.61. The molecule has 6 heteroatoms. The van der Waals surface area contributed by atoms with Crippen molar-refractivity contribution in [3.63, 3.8) is 0 Å². The van der Waals surface area contributed by atoms with Crippen LogP contribution in [0.1, 0.15) is 25.0 Å². The second kappa shape index (κ2) is 8.18. The van der Waals surface area contributed by atoms with Crippen LogP contribution >= 0.6 is 11.3 Å². The van der Waals surface area contributed by atoms with Gasteiger partial charge in [0, 0.05) is 25.3 Å². The molecule has 0 aliphatic heterocycles. The van der Waals surface area contributed by atoms with E-state index in [0.29, 0.717) is 6.04 Å². The first-order valence-corrected chi connectivity index (χ1v) is 9.21. The Morgan fingerprint density at radius 2 is 1.80 bits per heavy atom. The van der Waals surface area contributed by atoms with Crippen LogP contribution in [-0.4, -0.2) is 33.2 Å². The lowest BCUT2D eigenvalue weighted by Crippen LogP contribution is -2.26. The van der Waals surface area contributed by atoms with Crippen LogP contribution in [-0.2, 0) is 13.1 Å². The van der Waals surface area contributed by atoms with Crippen molar-refractivity contribution in [2.75, 3.05) is 12.4 Å². The van der Waals surface area contributed by atoms with E-state index in [9.17, 15) is 0 Å². The summed E-state index contributed by atoms with van der Waals surface area (Å²) >= 11 is 1.52. The number of anilines is 1. The molecule has 0 bridgehead atoms. The molecule has 1 aromatic carbocycles. The summed E-state index contributed by atoms with van der Waals surface area (Å²) < 4.78 is 0. The minimum Gasteiger partial charge on any atom is -0.356 e. The maximum absolute atomic E-state index is 4.32. The number of pyridine rings is 1. The van der Waals surface area contributed by atoms with Crippen molar-refractivity contribution in [2.24, 2.45) is 0 Å². The SMILES string of the molecule is CC(C)N(C)Cc1ccccc1CNc1nnc(-c2ccccn2)s1. The Kier molecular flexibility index (Phi) is 5.73. The number of rotatable bonds is 7. The van der Waals surface area contributed by atoms with Gasteiger partial charge in [0.1, 0.15) is 5.69 Å². The second-order valence-electron chi connectivity index (χ2n) is 6.26. The second-order valence-corrected chi connectivity index (χ2v) is 7.24. The fourth-order valence-corrected chi connectivity index (χ4v) is 3.11. The lowest BCUT2D eigenvalue weighted by molar-refractivity contribution is 0.265. The van der Waals surface area contributed by atoms with Crippen LogP contribution in [0.2, 0.25) is 0 Å². The Labute approximate surface area is 152 Å². The first kappa shape index (κ1) is 17.5. The molecule has 3 aromatic rings. The number of nitrogens with one attached hydrogen (secondary N) is 1. The van der Waals surface area contributed by atoms with Gasteiger partial charge in [0.05, 0.1) is 0 Å². The molecule has 1 N–H and O–H groups in total. The number of hydrogen-bond donors (Lipinski definition) is 1. The van der Waals surface area contributed by atoms with Gasteiger partial charge in [-0.05, 0) is 44.2 Å². The zero-order valence-electron chi connectivity index (χ0n) is 14.8. The van der Waals surface area contributed by atoms with Gasteiger partial charge in [0.2, 0.25) is 5.13 Å². The van der Waals surface area contributed by atoms with Crippen molar-refractivity contribution >= 4 is 16.5 Å². The molecular formula is C19H23N5S. The van der Waals surface area contributed by atoms with Gasteiger partial charge < -0.3 is 5.32 Å². The number of benzene rings is 1. The van der Waals surface area contributed by atoms with E-state index in [-0.39, 0.29) is 0 Å².